The monoisotopic (exact) mass is 344 g/mol. The van der Waals surface area contributed by atoms with E-state index in [9.17, 15) is 22.8 Å². The van der Waals surface area contributed by atoms with Crippen molar-refractivity contribution >= 4 is 22.8 Å². The highest BCUT2D eigenvalue weighted by Crippen LogP contribution is 2.26. The number of carbonyl (C=O) groups excluding carboxylic acids is 1. The molecule has 1 aromatic heterocycles. The van der Waals surface area contributed by atoms with E-state index < -0.39 is 35.9 Å². The molecule has 1 aromatic carbocycles. The molecule has 1 heterocycles. The van der Waals surface area contributed by atoms with Gasteiger partial charge in [0.1, 0.15) is 11.4 Å². The lowest BCUT2D eigenvalue weighted by Gasteiger charge is -2.17. The Kier molecular flexibility index (Phi) is 4.72. The number of nitrogens with one attached hydrogen (secondary N) is 2. The van der Waals surface area contributed by atoms with Gasteiger partial charge >= 0.3 is 12.3 Å². The number of ether oxygens (including phenoxy) is 1. The lowest BCUT2D eigenvalue weighted by atomic mass is 10.0. The van der Waals surface area contributed by atoms with Gasteiger partial charge in [0, 0.05) is 23.0 Å². The van der Waals surface area contributed by atoms with Gasteiger partial charge in [0.15, 0.2) is 0 Å². The summed E-state index contributed by atoms with van der Waals surface area (Å²) in [5, 5.41) is 12.0. The number of carboxylic acid groups (broad SMARTS) is 1. The maximum absolute atomic E-state index is 12.2. The van der Waals surface area contributed by atoms with Crippen molar-refractivity contribution in [1.82, 2.24) is 10.3 Å². The summed E-state index contributed by atoms with van der Waals surface area (Å²) in [5.41, 5.74) is 0.402. The quantitative estimate of drug-likeness (QED) is 0.778. The number of carbonyl (C=O) groups is 2. The number of hydrogen-bond donors (Lipinski definition) is 3. The predicted molar refractivity (Wildman–Crippen MR) is 78.7 cm³/mol. The zero-order valence-corrected chi connectivity index (χ0v) is 12.8. The highest BCUT2D eigenvalue weighted by atomic mass is 19.4. The van der Waals surface area contributed by atoms with Crippen molar-refractivity contribution in [3.63, 3.8) is 0 Å². The second-order valence-electron chi connectivity index (χ2n) is 5.37. The lowest BCUT2D eigenvalue weighted by molar-refractivity contribution is -0.274. The molecule has 0 saturated carbocycles. The SMILES string of the molecule is CC(NC(=O)c1cc2ccc(OC(F)(F)F)cc2[nH]1)C(C)C(=O)O. The van der Waals surface area contributed by atoms with E-state index in [1.54, 1.807) is 6.92 Å². The summed E-state index contributed by atoms with van der Waals surface area (Å²) >= 11 is 0. The summed E-state index contributed by atoms with van der Waals surface area (Å²) < 4.78 is 40.5. The number of aliphatic carboxylic acids is 1. The average Bonchev–Trinajstić information content (AvgIpc) is 2.87. The molecule has 1 amide bonds. The minimum atomic E-state index is -4.80. The second kappa shape index (κ2) is 6.42. The van der Waals surface area contributed by atoms with Gasteiger partial charge in [0.2, 0.25) is 0 Å². The fourth-order valence-corrected chi connectivity index (χ4v) is 2.05. The van der Waals surface area contributed by atoms with E-state index in [4.69, 9.17) is 5.11 Å². The van der Waals surface area contributed by atoms with E-state index in [1.807, 2.05) is 0 Å². The number of hydrogen-bond acceptors (Lipinski definition) is 3. The molecule has 9 heteroatoms. The molecule has 6 nitrogen and oxygen atoms in total. The van der Waals surface area contributed by atoms with Crippen LogP contribution in [0.1, 0.15) is 24.3 Å². The molecule has 0 aliphatic heterocycles. The van der Waals surface area contributed by atoms with Crippen molar-refractivity contribution in [2.75, 3.05) is 0 Å². The third-order valence-corrected chi connectivity index (χ3v) is 3.57. The smallest absolute Gasteiger partial charge is 0.481 e. The summed E-state index contributed by atoms with van der Waals surface area (Å²) in [6.45, 7) is 3.01. The molecule has 2 unspecified atom stereocenters. The Morgan fingerprint density at radius 2 is 1.92 bits per heavy atom. The van der Waals surface area contributed by atoms with Gasteiger partial charge in [-0.2, -0.15) is 0 Å². The van der Waals surface area contributed by atoms with E-state index in [0.29, 0.717) is 10.9 Å². The first-order valence-electron chi connectivity index (χ1n) is 6.99. The van der Waals surface area contributed by atoms with Gasteiger partial charge in [0.05, 0.1) is 5.92 Å². The van der Waals surface area contributed by atoms with E-state index in [-0.39, 0.29) is 5.69 Å². The number of alkyl halides is 3. The first-order chi connectivity index (χ1) is 11.1. The number of rotatable bonds is 5. The Balaban J connectivity index is 2.18. The minimum Gasteiger partial charge on any atom is -0.481 e. The molecule has 24 heavy (non-hydrogen) atoms. The second-order valence-corrected chi connectivity index (χ2v) is 5.37. The Morgan fingerprint density at radius 3 is 2.50 bits per heavy atom. The molecule has 2 atom stereocenters. The number of H-pyrrole nitrogens is 1. The highest BCUT2D eigenvalue weighted by molar-refractivity contribution is 5.98. The van der Waals surface area contributed by atoms with Crippen molar-refractivity contribution in [3.8, 4) is 5.75 Å². The van der Waals surface area contributed by atoms with Crippen LogP contribution in [0.5, 0.6) is 5.75 Å². The van der Waals surface area contributed by atoms with Gasteiger partial charge in [-0.3, -0.25) is 9.59 Å². The molecule has 3 N–H and O–H groups in total. The molecule has 0 bridgehead atoms. The van der Waals surface area contributed by atoms with Crippen LogP contribution in [-0.2, 0) is 4.79 Å². The van der Waals surface area contributed by atoms with Gasteiger partial charge in [0.25, 0.3) is 5.91 Å². The fraction of sp³-hybridized carbons (Fsp3) is 0.333. The molecule has 0 spiro atoms. The van der Waals surface area contributed by atoms with Crippen LogP contribution in [0.25, 0.3) is 10.9 Å². The van der Waals surface area contributed by atoms with Gasteiger partial charge in [-0.05, 0) is 32.0 Å². The van der Waals surface area contributed by atoms with E-state index in [1.165, 1.54) is 19.1 Å². The molecule has 0 radical (unpaired) electrons. The van der Waals surface area contributed by atoms with Crippen LogP contribution in [0, 0.1) is 5.92 Å². The largest absolute Gasteiger partial charge is 0.573 e. The number of carboxylic acids is 1. The molecule has 2 rings (SSSR count). The summed E-state index contributed by atoms with van der Waals surface area (Å²) in [6.07, 6.45) is -4.80. The summed E-state index contributed by atoms with van der Waals surface area (Å²) in [7, 11) is 0. The number of aromatic amines is 1. The average molecular weight is 344 g/mol. The maximum atomic E-state index is 12.2. The number of aromatic nitrogens is 1. The molecule has 0 aliphatic rings. The van der Waals surface area contributed by atoms with Crippen molar-refractivity contribution in [1.29, 1.82) is 0 Å². The number of fused-ring (bicyclic) bond motifs is 1. The van der Waals surface area contributed by atoms with Crippen LogP contribution >= 0.6 is 0 Å². The minimum absolute atomic E-state index is 0.110. The fourth-order valence-electron chi connectivity index (χ4n) is 2.05. The van der Waals surface area contributed by atoms with Crippen molar-refractivity contribution in [2.45, 2.75) is 26.3 Å². The van der Waals surface area contributed by atoms with Crippen molar-refractivity contribution in [2.24, 2.45) is 5.92 Å². The molecule has 0 saturated heterocycles. The zero-order chi connectivity index (χ0) is 18.1. The maximum Gasteiger partial charge on any atom is 0.573 e. The number of halogens is 3. The van der Waals surface area contributed by atoms with Crippen LogP contribution in [0.3, 0.4) is 0 Å². The van der Waals surface area contributed by atoms with Gasteiger partial charge < -0.3 is 20.1 Å². The topological polar surface area (TPSA) is 91.4 Å². The Morgan fingerprint density at radius 1 is 1.25 bits per heavy atom. The summed E-state index contributed by atoms with van der Waals surface area (Å²) in [6, 6.07) is 4.49. The van der Waals surface area contributed by atoms with Crippen LogP contribution in [0.4, 0.5) is 13.2 Å². The van der Waals surface area contributed by atoms with Crippen molar-refractivity contribution in [3.05, 3.63) is 30.0 Å². The molecule has 130 valence electrons. The summed E-state index contributed by atoms with van der Waals surface area (Å²) in [4.78, 5) is 25.7. The molecular formula is C15H15F3N2O4. The Labute approximate surface area is 134 Å². The van der Waals surface area contributed by atoms with Gasteiger partial charge in [-0.15, -0.1) is 13.2 Å². The third kappa shape index (κ3) is 4.18. The third-order valence-electron chi connectivity index (χ3n) is 3.57. The lowest BCUT2D eigenvalue weighted by Crippen LogP contribution is -2.40. The Bertz CT molecular complexity index is 770. The van der Waals surface area contributed by atoms with E-state index >= 15 is 0 Å². The van der Waals surface area contributed by atoms with Crippen LogP contribution < -0.4 is 10.1 Å². The molecular weight excluding hydrogens is 329 g/mol. The first kappa shape index (κ1) is 17.6. The normalized spacial score (nSPS) is 14.2. The van der Waals surface area contributed by atoms with Crippen molar-refractivity contribution < 1.29 is 32.6 Å². The van der Waals surface area contributed by atoms with Crippen LogP contribution in [0.2, 0.25) is 0 Å². The number of amides is 1. The standard InChI is InChI=1S/C15H15F3N2O4/c1-7(14(22)23)8(2)19-13(21)12-5-9-3-4-10(6-11(9)20-12)24-15(16,17)18/h3-8,20H,1-2H3,(H,19,21)(H,22,23). The molecule has 0 fully saturated rings. The predicted octanol–water partition coefficient (Wildman–Crippen LogP) is 2.91. The molecule has 2 aromatic rings. The number of benzene rings is 1. The van der Waals surface area contributed by atoms with E-state index in [2.05, 4.69) is 15.0 Å². The zero-order valence-electron chi connectivity index (χ0n) is 12.8. The Hall–Kier alpha value is -2.71. The van der Waals surface area contributed by atoms with E-state index in [0.717, 1.165) is 12.1 Å². The van der Waals surface area contributed by atoms with Gasteiger partial charge in [-0.1, -0.05) is 0 Å². The highest BCUT2D eigenvalue weighted by Gasteiger charge is 2.31. The van der Waals surface area contributed by atoms with Gasteiger partial charge in [-0.25, -0.2) is 0 Å². The molecule has 0 aliphatic carbocycles. The van der Waals surface area contributed by atoms with Crippen LogP contribution in [-0.4, -0.2) is 34.4 Å². The summed E-state index contributed by atoms with van der Waals surface area (Å²) in [5.74, 6) is -2.79. The first-order valence-corrected chi connectivity index (χ1v) is 6.99. The van der Waals surface area contributed by atoms with Crippen LogP contribution in [0.15, 0.2) is 24.3 Å².